The molecule has 0 aromatic heterocycles. The smallest absolute Gasteiger partial charge is 0.0656 e. The molecule has 3 heteroatoms. The van der Waals surface area contributed by atoms with Crippen molar-refractivity contribution in [1.82, 2.24) is 0 Å². The fraction of sp³-hybridized carbons (Fsp3) is 0.0928. The minimum Gasteiger partial charge on any atom is -0.0656 e. The molecule has 0 aliphatic carbocycles. The van der Waals surface area contributed by atoms with Gasteiger partial charge < -0.3 is 0 Å². The van der Waals surface area contributed by atoms with Crippen molar-refractivity contribution in [3.05, 3.63) is 322 Å². The number of rotatable bonds is 9. The van der Waals surface area contributed by atoms with Gasteiger partial charge in [0.25, 0.3) is 0 Å². The summed E-state index contributed by atoms with van der Waals surface area (Å²) in [5, 5.41) is 30.5. The Hall–Kier alpha value is -10.8. The topological polar surface area (TPSA) is 0 Å². The molecule has 0 aliphatic heterocycles. The third-order valence-corrected chi connectivity index (χ3v) is 27.5. The molecule has 0 nitrogen and oxygen atoms in total. The van der Waals surface area contributed by atoms with E-state index in [-0.39, 0.29) is 0 Å². The molecule has 0 amide bonds. The molecular weight excluding hydrogens is 1250 g/mol. The summed E-state index contributed by atoms with van der Waals surface area (Å²) in [4.78, 5) is 0. The van der Waals surface area contributed by atoms with Crippen LogP contribution in [0.2, 0.25) is 58.9 Å². The van der Waals surface area contributed by atoms with Gasteiger partial charge in [-0.2, -0.15) is 0 Å². The van der Waals surface area contributed by atoms with E-state index in [2.05, 4.69) is 380 Å². The molecule has 18 rings (SSSR count). The van der Waals surface area contributed by atoms with Crippen molar-refractivity contribution < 1.29 is 0 Å². The molecule has 0 saturated heterocycles. The first kappa shape index (κ1) is 62.7. The average Bonchev–Trinajstić information content (AvgIpc) is 0.727. The van der Waals surface area contributed by atoms with E-state index in [0.29, 0.717) is 0 Å². The minimum atomic E-state index is -1.64. The number of benzene rings is 18. The van der Waals surface area contributed by atoms with Crippen LogP contribution in [0, 0.1) is 0 Å². The van der Waals surface area contributed by atoms with Crippen LogP contribution >= 0.6 is 0 Å². The second-order valence-electron chi connectivity index (χ2n) is 30.6. The second kappa shape index (κ2) is 24.6. The van der Waals surface area contributed by atoms with Crippen molar-refractivity contribution in [3.63, 3.8) is 0 Å². The third kappa shape index (κ3) is 10.9. The van der Waals surface area contributed by atoms with Crippen LogP contribution in [0.15, 0.2) is 322 Å². The Bertz CT molecular complexity index is 6290. The molecule has 0 unspecified atom stereocenters. The Labute approximate surface area is 590 Å². The summed E-state index contributed by atoms with van der Waals surface area (Å²) < 4.78 is 0. The van der Waals surface area contributed by atoms with Crippen molar-refractivity contribution in [2.45, 2.75) is 58.9 Å². The molecule has 480 valence electrons. The van der Waals surface area contributed by atoms with Crippen LogP contribution in [0.5, 0.6) is 0 Å². The maximum atomic E-state index is 2.56. The lowest BCUT2D eigenvalue weighted by atomic mass is 9.83. The summed E-state index contributed by atoms with van der Waals surface area (Å²) >= 11 is 0. The molecule has 0 bridgehead atoms. The summed E-state index contributed by atoms with van der Waals surface area (Å²) in [6, 6.07) is 121. The van der Waals surface area contributed by atoms with Gasteiger partial charge in [-0.3, -0.25) is 0 Å². The Morgan fingerprint density at radius 1 is 0.160 bits per heavy atom. The highest BCUT2D eigenvalue weighted by atomic mass is 28.3. The van der Waals surface area contributed by atoms with Crippen LogP contribution in [0.1, 0.15) is 0 Å². The van der Waals surface area contributed by atoms with Crippen molar-refractivity contribution in [2.24, 2.45) is 0 Å². The third-order valence-electron chi connectivity index (χ3n) is 21.3. The molecular formula is C97H80Si3. The fourth-order valence-electron chi connectivity index (χ4n) is 16.3. The van der Waals surface area contributed by atoms with Gasteiger partial charge >= 0.3 is 0 Å². The lowest BCUT2D eigenvalue weighted by Gasteiger charge is -2.24. The van der Waals surface area contributed by atoms with E-state index in [4.69, 9.17) is 0 Å². The zero-order valence-electron chi connectivity index (χ0n) is 58.6. The van der Waals surface area contributed by atoms with Gasteiger partial charge in [0.2, 0.25) is 0 Å². The van der Waals surface area contributed by atoms with Crippen molar-refractivity contribution >= 4 is 148 Å². The monoisotopic (exact) mass is 1330 g/mol. The minimum absolute atomic E-state index is 1.25. The fourth-order valence-corrected chi connectivity index (χ4v) is 20.3. The van der Waals surface area contributed by atoms with Crippen LogP contribution < -0.4 is 15.6 Å². The van der Waals surface area contributed by atoms with Crippen LogP contribution in [0.4, 0.5) is 0 Å². The van der Waals surface area contributed by atoms with Crippen LogP contribution in [-0.4, -0.2) is 24.2 Å². The van der Waals surface area contributed by atoms with Gasteiger partial charge in [-0.15, -0.1) is 0 Å². The number of hydrogen-bond acceptors (Lipinski definition) is 0. The van der Waals surface area contributed by atoms with E-state index < -0.39 is 24.2 Å². The average molecular weight is 1330 g/mol. The van der Waals surface area contributed by atoms with Crippen LogP contribution in [-0.2, 0) is 0 Å². The predicted molar refractivity (Wildman–Crippen MR) is 450 cm³/mol. The summed E-state index contributed by atoms with van der Waals surface area (Å²) in [5.74, 6) is 0. The Morgan fingerprint density at radius 2 is 0.460 bits per heavy atom. The van der Waals surface area contributed by atoms with E-state index in [9.17, 15) is 0 Å². The predicted octanol–water partition coefficient (Wildman–Crippen LogP) is 26.5. The van der Waals surface area contributed by atoms with Crippen LogP contribution in [0.3, 0.4) is 0 Å². The lowest BCUT2D eigenvalue weighted by molar-refractivity contribution is 1.66. The quantitative estimate of drug-likeness (QED) is 0.0998. The maximum Gasteiger partial charge on any atom is 0.0784 e. The standard InChI is InChI=1S/C50H44Si2.C47H36Si/c1-51(2,3)37-25-27-46-47(31-37)49(36-23-22-33-14-7-8-16-35(33)30-36)45-26-24-38(52(4,5)6)32-48(45)50(46)44-29-28-43(41-19-11-12-20-42(41)44)40-21-13-17-34-15-9-10-18-39(34)40;1-48(2,3)45-29-28-38(35-17-8-9-19-39(35)45)37-26-27-44(36-18-7-6-16-34(36)37)47-42-22-12-10-20-40(42)46(41-21-11-13-23-43(41)47)33-25-24-31-14-4-5-15-32(31)30-33/h7-32H,1-6H3;4-30H,1-3H3. The summed E-state index contributed by atoms with van der Waals surface area (Å²) in [7, 11) is -4.78. The van der Waals surface area contributed by atoms with Gasteiger partial charge in [0, 0.05) is 0 Å². The van der Waals surface area contributed by atoms with E-state index in [1.807, 2.05) is 0 Å². The first-order valence-electron chi connectivity index (χ1n) is 35.5. The van der Waals surface area contributed by atoms with E-state index in [0.717, 1.165) is 0 Å². The summed E-state index contributed by atoms with van der Waals surface area (Å²) in [6.45, 7) is 22.1. The molecule has 0 fully saturated rings. The highest BCUT2D eigenvalue weighted by Gasteiger charge is 2.27. The second-order valence-corrected chi connectivity index (χ2v) is 45.8. The van der Waals surface area contributed by atoms with E-state index in [1.54, 1.807) is 0 Å². The van der Waals surface area contributed by atoms with Crippen LogP contribution in [0.25, 0.3) is 174 Å². The molecule has 0 aliphatic rings. The van der Waals surface area contributed by atoms with Gasteiger partial charge in [0.15, 0.2) is 0 Å². The largest absolute Gasteiger partial charge is 0.0784 e. The molecule has 0 atom stereocenters. The van der Waals surface area contributed by atoms with E-state index in [1.165, 1.54) is 190 Å². The Kier molecular flexibility index (Phi) is 15.4. The number of hydrogen-bond donors (Lipinski definition) is 0. The van der Waals surface area contributed by atoms with Gasteiger partial charge in [0.05, 0.1) is 24.2 Å². The van der Waals surface area contributed by atoms with Gasteiger partial charge in [-0.1, -0.05) is 384 Å². The highest BCUT2D eigenvalue weighted by Crippen LogP contribution is 2.50. The molecule has 0 N–H and O–H groups in total. The summed E-state index contributed by atoms with van der Waals surface area (Å²) in [6.07, 6.45) is 0. The van der Waals surface area contributed by atoms with Gasteiger partial charge in [-0.25, -0.2) is 0 Å². The van der Waals surface area contributed by atoms with Gasteiger partial charge in [0.1, 0.15) is 0 Å². The molecule has 18 aromatic carbocycles. The van der Waals surface area contributed by atoms with Crippen molar-refractivity contribution in [2.75, 3.05) is 0 Å². The molecule has 0 saturated carbocycles. The van der Waals surface area contributed by atoms with Gasteiger partial charge in [-0.05, 0) is 187 Å². The molecule has 18 aromatic rings. The van der Waals surface area contributed by atoms with E-state index >= 15 is 0 Å². The molecule has 0 heterocycles. The SMILES string of the molecule is C[Si](C)(C)c1ccc(-c2ccc(-c3c4ccccc4c(-c4ccc5ccccc5c4)c4ccccc34)c3ccccc23)c2ccccc12.C[Si](C)(C)c1ccc2c(-c3ccc(-c4cccc5ccccc45)c4ccccc34)c3cc([Si](C)(C)C)ccc3c(-c3ccc4ccccc4c3)c2c1. The molecule has 100 heavy (non-hydrogen) atoms. The first-order valence-corrected chi connectivity index (χ1v) is 46.0. The number of fused-ring (bicyclic) bond motifs is 10. The highest BCUT2D eigenvalue weighted by molar-refractivity contribution is 6.90. The lowest BCUT2D eigenvalue weighted by Crippen LogP contribution is -2.38. The van der Waals surface area contributed by atoms with Crippen molar-refractivity contribution in [3.8, 4) is 66.8 Å². The zero-order valence-corrected chi connectivity index (χ0v) is 61.6. The van der Waals surface area contributed by atoms with Crippen molar-refractivity contribution in [1.29, 1.82) is 0 Å². The zero-order chi connectivity index (χ0) is 68.2. The Morgan fingerprint density at radius 3 is 0.920 bits per heavy atom. The molecule has 0 radical (unpaired) electrons. The summed E-state index contributed by atoms with van der Waals surface area (Å²) in [5.41, 5.74) is 15.5. The molecule has 0 spiro atoms. The maximum absolute atomic E-state index is 2.56. The normalized spacial score (nSPS) is 12.2. The Balaban J connectivity index is 0.000000150. The first-order chi connectivity index (χ1) is 48.5.